The van der Waals surface area contributed by atoms with Crippen molar-refractivity contribution in [1.82, 2.24) is 84.1 Å². The first kappa shape index (κ1) is 77.0. The standard InChI is InChI=1S/2C22H22N8O.C15H23N3O2.C12H8ClN5O.C8H6N2O2/c2*23-20(31)18-14-30(21-17(18)2-1-8-25-21)19-7-9-26-22(28-19)27-15-3-5-16(6-4-15)29-12-10-24-11-13-29;1-15(2,3)20-14(19)18-10-8-17(9-11-18)13-6-4-12(16)5-7-13;13-12-16-5-3-9(17-12)18-6-8(10(14)19)7-2-1-4-15-11(7)18;11-8(12)6-4-10-7-5(6)2-1-3-9-7/h2*1-9,14,24H,10-13H2,(H2,23,31)(H,26,27,28);4-7H,8-11,16H2,1-3H3;1-6H,(H2,14,19);1-4H,(H,9,10)(H,11,12). The Bertz CT molecular complexity index is 5500. The SMILES string of the molecule is CC(C)(C)OC(=O)N1CCN(c2ccc(N)cc2)CC1.NC(=O)c1cn(-c2ccnc(Cl)n2)c2ncccc12.NC(=O)c1cn(-c2ccnc(Nc3ccc(N4CCNCC4)cc3)n2)c2ncccc12.NC(=O)c1cn(-c2ccnc(Nc3ccc(N4CCNCC4)cc3)n2)c2ncccc12.O=C(O)c1c[nH]c2ncccc12. The van der Waals surface area contributed by atoms with Gasteiger partial charge in [0.25, 0.3) is 17.7 Å². The van der Waals surface area contributed by atoms with Gasteiger partial charge in [-0.1, -0.05) is 0 Å². The lowest BCUT2D eigenvalue weighted by molar-refractivity contribution is 0.0240. The van der Waals surface area contributed by atoms with Gasteiger partial charge in [-0.05, 0) is 172 Å². The van der Waals surface area contributed by atoms with Crippen LogP contribution >= 0.6 is 11.6 Å². The Labute approximate surface area is 652 Å². The quantitative estimate of drug-likeness (QED) is 0.0358. The molecule has 3 fully saturated rings. The van der Waals surface area contributed by atoms with E-state index in [9.17, 15) is 24.0 Å². The molecule has 3 aliphatic heterocycles. The number of halogens is 1. The van der Waals surface area contributed by atoms with E-state index in [0.29, 0.717) is 103 Å². The zero-order valence-electron chi connectivity index (χ0n) is 61.8. The Balaban J connectivity index is 0.000000128. The lowest BCUT2D eigenvalue weighted by Gasteiger charge is -2.36. The minimum absolute atomic E-state index is 0.121. The molecule has 17 rings (SSSR count). The van der Waals surface area contributed by atoms with Gasteiger partial charge in [-0.3, -0.25) is 28.1 Å². The summed E-state index contributed by atoms with van der Waals surface area (Å²) in [4.78, 5) is 112. The predicted octanol–water partition coefficient (Wildman–Crippen LogP) is 9.29. The maximum atomic E-state index is 12.0. The number of carboxylic acids is 1. The Hall–Kier alpha value is -14.2. The second-order valence-corrected chi connectivity index (χ2v) is 27.2. The number of H-pyrrole nitrogens is 1. The molecule has 3 saturated heterocycles. The van der Waals surface area contributed by atoms with Gasteiger partial charge in [0.1, 0.15) is 45.6 Å². The number of nitrogens with two attached hydrogens (primary N) is 4. The van der Waals surface area contributed by atoms with Crippen LogP contribution in [0.5, 0.6) is 0 Å². The highest BCUT2D eigenvalue weighted by Gasteiger charge is 2.27. The van der Waals surface area contributed by atoms with Crippen molar-refractivity contribution in [3.8, 4) is 17.5 Å². The van der Waals surface area contributed by atoms with Gasteiger partial charge in [-0.2, -0.15) is 15.0 Å². The Kier molecular flexibility index (Phi) is 23.9. The van der Waals surface area contributed by atoms with Gasteiger partial charge >= 0.3 is 12.1 Å². The summed E-state index contributed by atoms with van der Waals surface area (Å²) in [5.74, 6) is 0.138. The van der Waals surface area contributed by atoms with E-state index in [0.717, 1.165) is 88.2 Å². The fourth-order valence-corrected chi connectivity index (χ4v) is 12.9. The first-order valence-corrected chi connectivity index (χ1v) is 36.4. The molecular weight excluding hydrogens is 1460 g/mol. The van der Waals surface area contributed by atoms with Crippen molar-refractivity contribution in [1.29, 1.82) is 0 Å². The van der Waals surface area contributed by atoms with Gasteiger partial charge in [-0.15, -0.1) is 0 Å². The molecule has 14 N–H and O–H groups in total. The molecule has 33 nitrogen and oxygen atoms in total. The summed E-state index contributed by atoms with van der Waals surface area (Å²) in [6.07, 6.45) is 17.6. The van der Waals surface area contributed by atoms with Crippen LogP contribution in [-0.2, 0) is 4.74 Å². The summed E-state index contributed by atoms with van der Waals surface area (Å²) in [5, 5.41) is 24.7. The summed E-state index contributed by atoms with van der Waals surface area (Å²) in [5.41, 5.74) is 31.7. The van der Waals surface area contributed by atoms with E-state index in [4.69, 9.17) is 44.4 Å². The number of carbonyl (C=O) groups is 5. The van der Waals surface area contributed by atoms with Crippen LogP contribution in [-0.4, -0.2) is 192 Å². The number of fused-ring (bicyclic) bond motifs is 4. The van der Waals surface area contributed by atoms with Crippen LogP contribution in [0.15, 0.2) is 208 Å². The molecule has 576 valence electrons. The zero-order chi connectivity index (χ0) is 79.1. The maximum absolute atomic E-state index is 12.0. The third-order valence-electron chi connectivity index (χ3n) is 18.2. The van der Waals surface area contributed by atoms with Crippen molar-refractivity contribution in [3.05, 3.63) is 235 Å². The van der Waals surface area contributed by atoms with Crippen molar-refractivity contribution < 1.29 is 33.8 Å². The number of aromatic amines is 1. The third kappa shape index (κ3) is 18.9. The number of hydrogen-bond donors (Lipinski definition) is 10. The van der Waals surface area contributed by atoms with Crippen LogP contribution in [0.2, 0.25) is 5.28 Å². The number of pyridine rings is 4. The summed E-state index contributed by atoms with van der Waals surface area (Å²) >= 11 is 5.77. The first-order valence-electron chi connectivity index (χ1n) is 36.0. The number of amides is 4. The Morgan fingerprint density at radius 1 is 0.451 bits per heavy atom. The van der Waals surface area contributed by atoms with Crippen molar-refractivity contribution in [3.63, 3.8) is 0 Å². The molecule has 3 aromatic carbocycles. The van der Waals surface area contributed by atoms with Gasteiger partial charge in [0.05, 0.1) is 22.3 Å². The van der Waals surface area contributed by atoms with Crippen molar-refractivity contribution in [2.24, 2.45) is 17.2 Å². The van der Waals surface area contributed by atoms with Gasteiger partial charge in [-0.25, -0.2) is 44.5 Å². The lowest BCUT2D eigenvalue weighted by Crippen LogP contribution is -2.50. The molecule has 0 atom stereocenters. The molecule has 3 aliphatic rings. The predicted molar refractivity (Wildman–Crippen MR) is 434 cm³/mol. The number of aromatic carboxylic acids is 1. The molecule has 0 saturated carbocycles. The number of carboxylic acid groups (broad SMARTS) is 1. The maximum Gasteiger partial charge on any atom is 0.410 e. The number of hydrogen-bond acceptors (Lipinski definition) is 24. The van der Waals surface area contributed by atoms with E-state index in [1.54, 1.807) is 129 Å². The van der Waals surface area contributed by atoms with Crippen LogP contribution in [0, 0.1) is 0 Å². The largest absolute Gasteiger partial charge is 0.478 e. The molecule has 4 amide bonds. The fraction of sp³-hybridized carbons (Fsp3) is 0.203. The molecule has 14 heterocycles. The average Bonchev–Trinajstić information content (AvgIpc) is 1.65. The van der Waals surface area contributed by atoms with Crippen LogP contribution in [0.3, 0.4) is 0 Å². The molecule has 14 aromatic rings. The molecule has 0 aliphatic carbocycles. The fourth-order valence-electron chi connectivity index (χ4n) is 12.7. The van der Waals surface area contributed by atoms with Gasteiger partial charge in [0, 0.05) is 202 Å². The number of carbonyl (C=O) groups excluding carboxylic acids is 4. The van der Waals surface area contributed by atoms with Gasteiger partial charge in [0.2, 0.25) is 17.2 Å². The highest BCUT2D eigenvalue weighted by atomic mass is 35.5. The smallest absolute Gasteiger partial charge is 0.410 e. The normalized spacial score (nSPS) is 13.5. The molecule has 34 heteroatoms. The number of ether oxygens (including phenoxy) is 1. The highest BCUT2D eigenvalue weighted by molar-refractivity contribution is 6.28. The summed E-state index contributed by atoms with van der Waals surface area (Å²) in [6.45, 7) is 16.7. The minimum Gasteiger partial charge on any atom is -0.478 e. The third-order valence-corrected chi connectivity index (χ3v) is 18.4. The monoisotopic (exact) mass is 1540 g/mol. The summed E-state index contributed by atoms with van der Waals surface area (Å²) in [6, 6.07) is 43.6. The molecular formula is C79H81ClN26O7. The summed E-state index contributed by atoms with van der Waals surface area (Å²) in [7, 11) is 0. The molecule has 0 radical (unpaired) electrons. The lowest BCUT2D eigenvalue weighted by atomic mass is 10.2. The van der Waals surface area contributed by atoms with E-state index in [2.05, 4.69) is 115 Å². The molecule has 113 heavy (non-hydrogen) atoms. The second-order valence-electron chi connectivity index (χ2n) is 26.9. The van der Waals surface area contributed by atoms with Crippen molar-refractivity contribution in [2.75, 3.05) is 110 Å². The number of aromatic nitrogens is 14. The van der Waals surface area contributed by atoms with E-state index in [1.807, 2.05) is 81.4 Å². The van der Waals surface area contributed by atoms with Crippen LogP contribution < -0.4 is 58.9 Å². The number of primary amides is 3. The number of piperazine rings is 3. The highest BCUT2D eigenvalue weighted by Crippen LogP contribution is 2.29. The summed E-state index contributed by atoms with van der Waals surface area (Å²) < 4.78 is 10.5. The van der Waals surface area contributed by atoms with Crippen LogP contribution in [0.1, 0.15) is 62.2 Å². The van der Waals surface area contributed by atoms with Crippen LogP contribution in [0.25, 0.3) is 61.6 Å². The number of nitrogen functional groups attached to an aromatic ring is 1. The number of nitrogens with zero attached hydrogens (tertiary/aromatic N) is 17. The molecule has 0 bridgehead atoms. The van der Waals surface area contributed by atoms with E-state index >= 15 is 0 Å². The number of rotatable bonds is 14. The van der Waals surface area contributed by atoms with Gasteiger partial charge < -0.3 is 78.6 Å². The minimum atomic E-state index is -0.936. The Morgan fingerprint density at radius 2 is 0.832 bits per heavy atom. The first-order chi connectivity index (χ1) is 54.7. The number of benzene rings is 3. The van der Waals surface area contributed by atoms with Crippen molar-refractivity contribution >= 4 is 132 Å². The van der Waals surface area contributed by atoms with Crippen LogP contribution in [0.4, 0.5) is 50.8 Å². The van der Waals surface area contributed by atoms with Gasteiger partial charge in [0.15, 0.2) is 0 Å². The number of nitrogens with one attached hydrogen (secondary N) is 5. The molecule has 0 spiro atoms. The Morgan fingerprint density at radius 3 is 1.23 bits per heavy atom. The zero-order valence-corrected chi connectivity index (χ0v) is 62.6. The molecule has 11 aromatic heterocycles. The average molecular weight is 1540 g/mol. The molecule has 0 unspecified atom stereocenters. The van der Waals surface area contributed by atoms with E-state index in [1.165, 1.54) is 23.8 Å². The van der Waals surface area contributed by atoms with E-state index < -0.39 is 29.3 Å². The number of anilines is 8. The topological polar surface area (TPSA) is 439 Å². The van der Waals surface area contributed by atoms with E-state index in [-0.39, 0.29) is 16.9 Å². The van der Waals surface area contributed by atoms with Crippen molar-refractivity contribution in [2.45, 2.75) is 26.4 Å². The second kappa shape index (κ2) is 35.0.